The number of carboxylic acids is 1. The van der Waals surface area contributed by atoms with Crippen molar-refractivity contribution >= 4 is 39.2 Å². The number of nitrogens with one attached hydrogen (secondary N) is 1. The summed E-state index contributed by atoms with van der Waals surface area (Å²) in [7, 11) is 0. The van der Waals surface area contributed by atoms with Crippen LogP contribution in [0.2, 0.25) is 5.02 Å². The van der Waals surface area contributed by atoms with Crippen LogP contribution < -0.4 is 5.32 Å². The topological polar surface area (TPSA) is 49.3 Å². The van der Waals surface area contributed by atoms with Crippen LogP contribution >= 0.6 is 27.5 Å². The number of anilines is 1. The zero-order chi connectivity index (χ0) is 10.6. The molecule has 74 valence electrons. The van der Waals surface area contributed by atoms with E-state index in [2.05, 4.69) is 21.2 Å². The SMILES string of the molecule is O=C(O)/C=C/Nc1ccc(Cl)cc1Br. The Balaban J connectivity index is 2.73. The monoisotopic (exact) mass is 275 g/mol. The number of hydrogen-bond acceptors (Lipinski definition) is 2. The van der Waals surface area contributed by atoms with Crippen LogP contribution in [-0.4, -0.2) is 11.1 Å². The highest BCUT2D eigenvalue weighted by molar-refractivity contribution is 9.10. The highest BCUT2D eigenvalue weighted by Gasteiger charge is 1.97. The van der Waals surface area contributed by atoms with E-state index in [9.17, 15) is 4.79 Å². The molecule has 1 aromatic rings. The summed E-state index contributed by atoms with van der Waals surface area (Å²) < 4.78 is 0.778. The van der Waals surface area contributed by atoms with Gasteiger partial charge in [-0.05, 0) is 34.1 Å². The third-order valence-corrected chi connectivity index (χ3v) is 2.29. The van der Waals surface area contributed by atoms with Crippen molar-refractivity contribution in [2.24, 2.45) is 0 Å². The standard InChI is InChI=1S/C9H7BrClNO2/c10-7-5-6(11)1-2-8(7)12-4-3-9(13)14/h1-5,12H,(H,13,14)/b4-3+. The van der Waals surface area contributed by atoms with Crippen LogP contribution in [0, 0.1) is 0 Å². The molecule has 14 heavy (non-hydrogen) atoms. The maximum absolute atomic E-state index is 10.2. The number of aliphatic carboxylic acids is 1. The van der Waals surface area contributed by atoms with E-state index in [1.165, 1.54) is 6.20 Å². The number of rotatable bonds is 3. The van der Waals surface area contributed by atoms with Gasteiger partial charge in [0, 0.05) is 21.8 Å². The van der Waals surface area contributed by atoms with Crippen LogP contribution in [0.5, 0.6) is 0 Å². The molecular weight excluding hydrogens is 269 g/mol. The fourth-order valence-electron chi connectivity index (χ4n) is 0.809. The summed E-state index contributed by atoms with van der Waals surface area (Å²) in [6, 6.07) is 5.18. The smallest absolute Gasteiger partial charge is 0.329 e. The molecule has 0 aliphatic carbocycles. The Morgan fingerprint density at radius 1 is 1.57 bits per heavy atom. The fourth-order valence-corrected chi connectivity index (χ4v) is 1.61. The third-order valence-electron chi connectivity index (χ3n) is 1.40. The minimum absolute atomic E-state index is 0.615. The van der Waals surface area contributed by atoms with E-state index in [-0.39, 0.29) is 0 Å². The minimum Gasteiger partial charge on any atom is -0.478 e. The second kappa shape index (κ2) is 5.02. The average Bonchev–Trinajstić information content (AvgIpc) is 2.08. The Labute approximate surface area is 94.5 Å². The quantitative estimate of drug-likeness (QED) is 0.834. The van der Waals surface area contributed by atoms with Crippen molar-refractivity contribution < 1.29 is 9.90 Å². The van der Waals surface area contributed by atoms with Crippen molar-refractivity contribution in [1.29, 1.82) is 0 Å². The van der Waals surface area contributed by atoms with E-state index in [1.54, 1.807) is 18.2 Å². The molecule has 0 radical (unpaired) electrons. The lowest BCUT2D eigenvalue weighted by Gasteiger charge is -2.03. The highest BCUT2D eigenvalue weighted by atomic mass is 79.9. The predicted octanol–water partition coefficient (Wildman–Crippen LogP) is 3.11. The van der Waals surface area contributed by atoms with Crippen LogP contribution in [0.4, 0.5) is 5.69 Å². The second-order valence-corrected chi connectivity index (χ2v) is 3.73. The fraction of sp³-hybridized carbons (Fsp3) is 0. The number of halogens is 2. The van der Waals surface area contributed by atoms with Crippen molar-refractivity contribution in [2.75, 3.05) is 5.32 Å². The normalized spacial score (nSPS) is 10.4. The second-order valence-electron chi connectivity index (χ2n) is 2.44. The third kappa shape index (κ3) is 3.40. The summed E-state index contributed by atoms with van der Waals surface area (Å²) in [5, 5.41) is 11.8. The lowest BCUT2D eigenvalue weighted by Crippen LogP contribution is -1.92. The van der Waals surface area contributed by atoms with Gasteiger partial charge >= 0.3 is 5.97 Å². The summed E-state index contributed by atoms with van der Waals surface area (Å²) in [6.45, 7) is 0. The molecule has 0 aliphatic rings. The number of hydrogen-bond donors (Lipinski definition) is 2. The van der Waals surface area contributed by atoms with Crippen LogP contribution in [0.3, 0.4) is 0 Å². The molecule has 1 rings (SSSR count). The molecule has 0 heterocycles. The molecule has 3 nitrogen and oxygen atoms in total. The zero-order valence-corrected chi connectivity index (χ0v) is 9.34. The summed E-state index contributed by atoms with van der Waals surface area (Å²) in [6.07, 6.45) is 2.36. The first-order valence-corrected chi connectivity index (χ1v) is 4.88. The molecular formula is C9H7BrClNO2. The molecule has 0 saturated carbocycles. The Bertz CT molecular complexity index is 379. The van der Waals surface area contributed by atoms with E-state index >= 15 is 0 Å². The van der Waals surface area contributed by atoms with Gasteiger partial charge < -0.3 is 10.4 Å². The Morgan fingerprint density at radius 3 is 2.86 bits per heavy atom. The molecule has 1 aromatic carbocycles. The average molecular weight is 277 g/mol. The number of benzene rings is 1. The van der Waals surface area contributed by atoms with Gasteiger partial charge in [-0.15, -0.1) is 0 Å². The van der Waals surface area contributed by atoms with Gasteiger partial charge in [0.25, 0.3) is 0 Å². The van der Waals surface area contributed by atoms with Crippen LogP contribution in [-0.2, 0) is 4.79 Å². The van der Waals surface area contributed by atoms with Crippen molar-refractivity contribution in [3.63, 3.8) is 0 Å². The number of carboxylic acid groups (broad SMARTS) is 1. The van der Waals surface area contributed by atoms with Gasteiger partial charge in [0.1, 0.15) is 0 Å². The van der Waals surface area contributed by atoms with Crippen molar-refractivity contribution in [2.45, 2.75) is 0 Å². The first kappa shape index (κ1) is 11.1. The molecule has 0 amide bonds. The lowest BCUT2D eigenvalue weighted by atomic mass is 10.3. The molecule has 0 bridgehead atoms. The van der Waals surface area contributed by atoms with Gasteiger partial charge in [-0.3, -0.25) is 0 Å². The van der Waals surface area contributed by atoms with Gasteiger partial charge in [-0.1, -0.05) is 11.6 Å². The predicted molar refractivity (Wildman–Crippen MR) is 59.6 cm³/mol. The first-order valence-electron chi connectivity index (χ1n) is 3.70. The van der Waals surface area contributed by atoms with Crippen LogP contribution in [0.1, 0.15) is 0 Å². The lowest BCUT2D eigenvalue weighted by molar-refractivity contribution is -0.131. The maximum Gasteiger partial charge on any atom is 0.329 e. The molecule has 0 fully saturated rings. The van der Waals surface area contributed by atoms with Crippen LogP contribution in [0.15, 0.2) is 34.9 Å². The maximum atomic E-state index is 10.2. The zero-order valence-electron chi connectivity index (χ0n) is 7.00. The highest BCUT2D eigenvalue weighted by Crippen LogP contribution is 2.25. The van der Waals surface area contributed by atoms with E-state index in [0.29, 0.717) is 5.02 Å². The van der Waals surface area contributed by atoms with Gasteiger partial charge in [0.05, 0.1) is 5.69 Å². The van der Waals surface area contributed by atoms with E-state index in [4.69, 9.17) is 16.7 Å². The van der Waals surface area contributed by atoms with Crippen molar-refractivity contribution in [3.8, 4) is 0 Å². The molecule has 0 aromatic heterocycles. The number of carbonyl (C=O) groups is 1. The summed E-state index contributed by atoms with van der Waals surface area (Å²) in [4.78, 5) is 10.2. The summed E-state index contributed by atoms with van der Waals surface area (Å²) >= 11 is 9.02. The summed E-state index contributed by atoms with van der Waals surface area (Å²) in [5.74, 6) is -0.998. The van der Waals surface area contributed by atoms with Crippen molar-refractivity contribution in [3.05, 3.63) is 40.0 Å². The van der Waals surface area contributed by atoms with Gasteiger partial charge in [0.15, 0.2) is 0 Å². The van der Waals surface area contributed by atoms with Gasteiger partial charge in [0.2, 0.25) is 0 Å². The molecule has 0 atom stereocenters. The first-order chi connectivity index (χ1) is 6.59. The molecule has 5 heteroatoms. The molecule has 2 N–H and O–H groups in total. The molecule has 0 unspecified atom stereocenters. The Hall–Kier alpha value is -1.000. The Kier molecular flexibility index (Phi) is 3.98. The molecule has 0 saturated heterocycles. The summed E-state index contributed by atoms with van der Waals surface area (Å²) in [5.41, 5.74) is 0.756. The molecule has 0 spiro atoms. The molecule has 0 aliphatic heterocycles. The Morgan fingerprint density at radius 2 is 2.29 bits per heavy atom. The van der Waals surface area contributed by atoms with Crippen LogP contribution in [0.25, 0.3) is 0 Å². The van der Waals surface area contributed by atoms with E-state index in [0.717, 1.165) is 16.2 Å². The largest absolute Gasteiger partial charge is 0.478 e. The van der Waals surface area contributed by atoms with E-state index < -0.39 is 5.97 Å². The van der Waals surface area contributed by atoms with Crippen molar-refractivity contribution in [1.82, 2.24) is 0 Å². The minimum atomic E-state index is -0.998. The van der Waals surface area contributed by atoms with Gasteiger partial charge in [-0.2, -0.15) is 0 Å². The van der Waals surface area contributed by atoms with E-state index in [1.807, 2.05) is 0 Å². The van der Waals surface area contributed by atoms with Gasteiger partial charge in [-0.25, -0.2) is 4.79 Å².